The van der Waals surface area contributed by atoms with E-state index in [0.717, 1.165) is 56.2 Å². The summed E-state index contributed by atoms with van der Waals surface area (Å²) in [6, 6.07) is 0. The highest BCUT2D eigenvalue weighted by Crippen LogP contribution is 2.60. The highest BCUT2D eigenvalue weighted by molar-refractivity contribution is 5.81. The molecule has 178 valence electrons. The number of hydrogen-bond acceptors (Lipinski definition) is 4. The standard InChI is InChI=1S/C27H41NO4/c1-16-19(14-20(29)15-24(16)30)8-7-18-6-5-12-27(3)22(9-10-23(18)27)17(2)25(31)21-11-13-28(4)26(21)32/h7-8,17,20-25,29-31H,1,5-6,9-15H2,2-4H3/b18-7+,19-8-/t17-,20+,21?,22+,23?,24-,25?,27+/m0/s1. The topological polar surface area (TPSA) is 81.0 Å². The Balaban J connectivity index is 1.52. The van der Waals surface area contributed by atoms with Crippen molar-refractivity contribution in [1.82, 2.24) is 4.90 Å². The van der Waals surface area contributed by atoms with Crippen molar-refractivity contribution < 1.29 is 20.1 Å². The van der Waals surface area contributed by atoms with Crippen LogP contribution in [0.2, 0.25) is 0 Å². The third-order valence-electron chi connectivity index (χ3n) is 9.36. The zero-order valence-corrected chi connectivity index (χ0v) is 20.0. The number of rotatable bonds is 4. The van der Waals surface area contributed by atoms with Gasteiger partial charge in [0, 0.05) is 20.0 Å². The van der Waals surface area contributed by atoms with Crippen molar-refractivity contribution in [3.63, 3.8) is 0 Å². The molecule has 4 aliphatic rings. The maximum atomic E-state index is 12.5. The Kier molecular flexibility index (Phi) is 6.73. The lowest BCUT2D eigenvalue weighted by Gasteiger charge is -2.45. The van der Waals surface area contributed by atoms with Crippen LogP contribution >= 0.6 is 0 Å². The lowest BCUT2D eigenvalue weighted by Crippen LogP contribution is -2.42. The third kappa shape index (κ3) is 4.12. The molecule has 0 aromatic rings. The molecule has 5 heteroatoms. The summed E-state index contributed by atoms with van der Waals surface area (Å²) in [6.45, 7) is 9.34. The van der Waals surface area contributed by atoms with Gasteiger partial charge in [-0.1, -0.05) is 38.2 Å². The number of aliphatic hydroxyl groups is 3. The summed E-state index contributed by atoms with van der Waals surface area (Å²) < 4.78 is 0. The van der Waals surface area contributed by atoms with E-state index < -0.39 is 18.3 Å². The Morgan fingerprint density at radius 1 is 1.22 bits per heavy atom. The quantitative estimate of drug-likeness (QED) is 0.620. The smallest absolute Gasteiger partial charge is 0.228 e. The lowest BCUT2D eigenvalue weighted by molar-refractivity contribution is -0.134. The fraction of sp³-hybridized carbons (Fsp3) is 0.741. The molecule has 5 nitrogen and oxygen atoms in total. The van der Waals surface area contributed by atoms with Crippen molar-refractivity contribution in [3.8, 4) is 0 Å². The van der Waals surface area contributed by atoms with Gasteiger partial charge in [0.05, 0.1) is 24.2 Å². The minimum atomic E-state index is -0.657. The number of aliphatic hydroxyl groups excluding tert-OH is 3. The van der Waals surface area contributed by atoms with Crippen molar-refractivity contribution in [2.75, 3.05) is 13.6 Å². The van der Waals surface area contributed by atoms with Gasteiger partial charge in [-0.2, -0.15) is 0 Å². The zero-order chi connectivity index (χ0) is 23.2. The Morgan fingerprint density at radius 2 is 1.97 bits per heavy atom. The molecule has 32 heavy (non-hydrogen) atoms. The van der Waals surface area contributed by atoms with Gasteiger partial charge in [0.1, 0.15) is 0 Å². The van der Waals surface area contributed by atoms with E-state index in [-0.39, 0.29) is 23.2 Å². The average Bonchev–Trinajstić information content (AvgIpc) is 3.27. The number of amides is 1. The average molecular weight is 444 g/mol. The second-order valence-corrected chi connectivity index (χ2v) is 11.2. The van der Waals surface area contributed by atoms with Gasteiger partial charge in [-0.05, 0) is 79.3 Å². The number of nitrogens with zero attached hydrogens (tertiary/aromatic N) is 1. The van der Waals surface area contributed by atoms with E-state index in [4.69, 9.17) is 0 Å². The van der Waals surface area contributed by atoms with E-state index in [1.54, 1.807) is 4.90 Å². The van der Waals surface area contributed by atoms with Gasteiger partial charge in [-0.25, -0.2) is 0 Å². The Labute approximate surface area is 192 Å². The van der Waals surface area contributed by atoms with Gasteiger partial charge in [-0.15, -0.1) is 0 Å². The lowest BCUT2D eigenvalue weighted by atomic mass is 9.60. The summed E-state index contributed by atoms with van der Waals surface area (Å²) in [5.41, 5.74) is 3.28. The van der Waals surface area contributed by atoms with Crippen LogP contribution in [-0.4, -0.2) is 58.0 Å². The van der Waals surface area contributed by atoms with Gasteiger partial charge < -0.3 is 20.2 Å². The molecule has 0 bridgehead atoms. The number of allylic oxidation sites excluding steroid dienone is 3. The van der Waals surface area contributed by atoms with E-state index in [9.17, 15) is 20.1 Å². The molecular weight excluding hydrogens is 402 g/mol. The van der Waals surface area contributed by atoms with Gasteiger partial charge >= 0.3 is 0 Å². The highest BCUT2D eigenvalue weighted by Gasteiger charge is 2.53. The fourth-order valence-corrected chi connectivity index (χ4v) is 7.38. The third-order valence-corrected chi connectivity index (χ3v) is 9.36. The molecule has 1 heterocycles. The monoisotopic (exact) mass is 443 g/mol. The summed E-state index contributed by atoms with van der Waals surface area (Å²) in [7, 11) is 1.83. The van der Waals surface area contributed by atoms with Crippen molar-refractivity contribution in [3.05, 3.63) is 35.5 Å². The number of carbonyl (C=O) groups is 1. The Bertz CT molecular complexity index is 816. The van der Waals surface area contributed by atoms with Gasteiger partial charge in [0.15, 0.2) is 0 Å². The van der Waals surface area contributed by atoms with Crippen LogP contribution in [0.15, 0.2) is 35.5 Å². The molecule has 3 saturated carbocycles. The minimum Gasteiger partial charge on any atom is -0.393 e. The van der Waals surface area contributed by atoms with Gasteiger partial charge in [0.2, 0.25) is 5.91 Å². The number of carbonyl (C=O) groups excluding carboxylic acids is 1. The summed E-state index contributed by atoms with van der Waals surface area (Å²) in [5, 5.41) is 31.4. The van der Waals surface area contributed by atoms with Crippen LogP contribution in [-0.2, 0) is 4.79 Å². The molecule has 0 aromatic carbocycles. The summed E-state index contributed by atoms with van der Waals surface area (Å²) in [4.78, 5) is 14.2. The molecular formula is C27H41NO4. The number of hydrogen-bond donors (Lipinski definition) is 3. The summed E-state index contributed by atoms with van der Waals surface area (Å²) >= 11 is 0. The number of likely N-dealkylation sites (tertiary alicyclic amines) is 1. The van der Waals surface area contributed by atoms with E-state index in [2.05, 4.69) is 32.6 Å². The normalized spacial score (nSPS) is 42.6. The molecule has 0 radical (unpaired) electrons. The molecule has 3 unspecified atom stereocenters. The fourth-order valence-electron chi connectivity index (χ4n) is 7.38. The van der Waals surface area contributed by atoms with E-state index >= 15 is 0 Å². The maximum Gasteiger partial charge on any atom is 0.228 e. The molecule has 1 aliphatic heterocycles. The van der Waals surface area contributed by atoms with Crippen LogP contribution in [0.3, 0.4) is 0 Å². The van der Waals surface area contributed by atoms with E-state index in [1.165, 1.54) is 5.57 Å². The van der Waals surface area contributed by atoms with Gasteiger partial charge in [0.25, 0.3) is 0 Å². The Hall–Kier alpha value is -1.43. The second-order valence-electron chi connectivity index (χ2n) is 11.2. The van der Waals surface area contributed by atoms with Crippen molar-refractivity contribution in [1.29, 1.82) is 0 Å². The number of fused-ring (bicyclic) bond motifs is 1. The van der Waals surface area contributed by atoms with Crippen LogP contribution in [0.5, 0.6) is 0 Å². The molecule has 8 atom stereocenters. The first-order valence-electron chi connectivity index (χ1n) is 12.5. The van der Waals surface area contributed by atoms with E-state index in [0.29, 0.717) is 24.7 Å². The first-order chi connectivity index (χ1) is 15.1. The van der Waals surface area contributed by atoms with Crippen LogP contribution in [0.25, 0.3) is 0 Å². The van der Waals surface area contributed by atoms with Crippen molar-refractivity contribution >= 4 is 5.91 Å². The molecule has 1 saturated heterocycles. The SMILES string of the molecule is C=C1/C(=C\C=C2/CCC[C@@]3(C)C2CC[C@@H]3[C@H](C)C(O)C2CCN(C)C2=O)C[C@@H](O)C[C@@H]1O. The van der Waals surface area contributed by atoms with Crippen molar-refractivity contribution in [2.24, 2.45) is 29.1 Å². The van der Waals surface area contributed by atoms with Crippen LogP contribution < -0.4 is 0 Å². The highest BCUT2D eigenvalue weighted by atomic mass is 16.3. The van der Waals surface area contributed by atoms with Crippen molar-refractivity contribution in [2.45, 2.75) is 83.5 Å². The molecule has 4 rings (SSSR count). The zero-order valence-electron chi connectivity index (χ0n) is 20.0. The Morgan fingerprint density at radius 3 is 2.66 bits per heavy atom. The predicted octanol–water partition coefficient (Wildman–Crippen LogP) is 3.60. The maximum absolute atomic E-state index is 12.5. The molecule has 0 spiro atoms. The largest absolute Gasteiger partial charge is 0.393 e. The summed E-state index contributed by atoms with van der Waals surface area (Å²) in [6.07, 6.45) is 9.85. The summed E-state index contributed by atoms with van der Waals surface area (Å²) in [5.74, 6) is 0.840. The predicted molar refractivity (Wildman–Crippen MR) is 126 cm³/mol. The molecule has 1 amide bonds. The van der Waals surface area contributed by atoms with Crippen LogP contribution in [0.1, 0.15) is 65.2 Å². The van der Waals surface area contributed by atoms with Gasteiger partial charge in [-0.3, -0.25) is 4.79 Å². The molecule has 3 N–H and O–H groups in total. The molecule has 0 aromatic heterocycles. The van der Waals surface area contributed by atoms with E-state index in [1.807, 2.05) is 7.05 Å². The molecule has 4 fully saturated rings. The first kappa shape index (κ1) is 23.7. The minimum absolute atomic E-state index is 0.0944. The van der Waals surface area contributed by atoms with Crippen LogP contribution in [0, 0.1) is 29.1 Å². The molecule has 3 aliphatic carbocycles. The first-order valence-corrected chi connectivity index (χ1v) is 12.5. The second kappa shape index (κ2) is 9.08. The van der Waals surface area contributed by atoms with Crippen LogP contribution in [0.4, 0.5) is 0 Å².